The van der Waals surface area contributed by atoms with Gasteiger partial charge in [0, 0.05) is 18.5 Å². The maximum absolute atomic E-state index is 13.1. The van der Waals surface area contributed by atoms with Crippen LogP contribution in [0.25, 0.3) is 0 Å². The quantitative estimate of drug-likeness (QED) is 0.716. The Morgan fingerprint density at radius 2 is 1.52 bits per heavy atom. The predicted octanol–water partition coefficient (Wildman–Crippen LogP) is 4.51. The number of nitrogens with one attached hydrogen (secondary N) is 1. The van der Waals surface area contributed by atoms with Gasteiger partial charge in [-0.05, 0) is 57.2 Å². The molecule has 1 N–H and O–H groups in total. The van der Waals surface area contributed by atoms with Gasteiger partial charge in [-0.15, -0.1) is 0 Å². The number of hydrogen-bond acceptors (Lipinski definition) is 2. The zero-order chi connectivity index (χ0) is 21.4. The Hall–Kier alpha value is -2.62. The van der Waals surface area contributed by atoms with Crippen molar-refractivity contribution in [3.8, 4) is 0 Å². The van der Waals surface area contributed by atoms with Crippen molar-refractivity contribution < 1.29 is 9.59 Å². The minimum Gasteiger partial charge on any atom is -0.350 e. The molecule has 0 spiro atoms. The molecule has 0 bridgehead atoms. The molecule has 1 atom stereocenters. The van der Waals surface area contributed by atoms with E-state index in [4.69, 9.17) is 0 Å². The molecular formula is C25H34N2O2. The van der Waals surface area contributed by atoms with E-state index >= 15 is 0 Å². The molecule has 29 heavy (non-hydrogen) atoms. The summed E-state index contributed by atoms with van der Waals surface area (Å²) in [6.45, 7) is 10.2. The fourth-order valence-corrected chi connectivity index (χ4v) is 3.17. The smallest absolute Gasteiger partial charge is 0.242 e. The molecule has 0 aliphatic carbocycles. The molecule has 0 fully saturated rings. The summed E-state index contributed by atoms with van der Waals surface area (Å²) >= 11 is 0. The van der Waals surface area contributed by atoms with E-state index in [-0.39, 0.29) is 17.4 Å². The van der Waals surface area contributed by atoms with Crippen molar-refractivity contribution in [2.45, 2.75) is 72.0 Å². The van der Waals surface area contributed by atoms with E-state index in [9.17, 15) is 9.59 Å². The summed E-state index contributed by atoms with van der Waals surface area (Å²) < 4.78 is 0. The first kappa shape index (κ1) is 22.7. The molecule has 2 rings (SSSR count). The first-order valence-corrected chi connectivity index (χ1v) is 10.4. The lowest BCUT2D eigenvalue weighted by Gasteiger charge is -2.31. The summed E-state index contributed by atoms with van der Waals surface area (Å²) in [5.74, 6) is -0.140. The second-order valence-electron chi connectivity index (χ2n) is 8.59. The standard InChI is InChI=1S/C25H34N2O2/c1-6-20-12-14-21(15-13-20)16-17-23(28)27(18-22-10-8-7-9-11-22)19(2)24(29)26-25(3,4)5/h7-15,19H,6,16-18H2,1-5H3,(H,26,29)/t19-/m1/s1. The summed E-state index contributed by atoms with van der Waals surface area (Å²) in [7, 11) is 0. The van der Waals surface area contributed by atoms with E-state index in [0.717, 1.165) is 17.5 Å². The van der Waals surface area contributed by atoms with Crippen LogP contribution in [0.3, 0.4) is 0 Å². The molecule has 156 valence electrons. The van der Waals surface area contributed by atoms with Gasteiger partial charge in [0.2, 0.25) is 11.8 Å². The van der Waals surface area contributed by atoms with Crippen molar-refractivity contribution in [3.63, 3.8) is 0 Å². The van der Waals surface area contributed by atoms with Crippen LogP contribution in [0.2, 0.25) is 0 Å². The van der Waals surface area contributed by atoms with E-state index in [1.807, 2.05) is 51.1 Å². The lowest BCUT2D eigenvalue weighted by atomic mass is 10.0. The zero-order valence-corrected chi connectivity index (χ0v) is 18.4. The molecule has 0 saturated heterocycles. The number of benzene rings is 2. The highest BCUT2D eigenvalue weighted by molar-refractivity contribution is 5.87. The third-order valence-electron chi connectivity index (χ3n) is 4.92. The molecule has 4 heteroatoms. The van der Waals surface area contributed by atoms with Crippen molar-refractivity contribution in [1.82, 2.24) is 10.2 Å². The Kier molecular flexibility index (Phi) is 8.00. The predicted molar refractivity (Wildman–Crippen MR) is 118 cm³/mol. The topological polar surface area (TPSA) is 49.4 Å². The summed E-state index contributed by atoms with van der Waals surface area (Å²) in [6, 6.07) is 17.7. The lowest BCUT2D eigenvalue weighted by molar-refractivity contribution is -0.141. The average Bonchev–Trinajstić information content (AvgIpc) is 2.69. The van der Waals surface area contributed by atoms with Gasteiger partial charge >= 0.3 is 0 Å². The highest BCUT2D eigenvalue weighted by Crippen LogP contribution is 2.14. The lowest BCUT2D eigenvalue weighted by Crippen LogP contribution is -2.52. The first-order chi connectivity index (χ1) is 13.7. The number of rotatable bonds is 8. The molecule has 0 aliphatic heterocycles. The molecule has 0 heterocycles. The molecule has 2 aromatic carbocycles. The number of hydrogen-bond donors (Lipinski definition) is 1. The van der Waals surface area contributed by atoms with E-state index in [0.29, 0.717) is 19.4 Å². The van der Waals surface area contributed by atoms with Crippen molar-refractivity contribution in [2.24, 2.45) is 0 Å². The number of amides is 2. The number of carbonyl (C=O) groups excluding carboxylic acids is 2. The van der Waals surface area contributed by atoms with Gasteiger partial charge in [0.25, 0.3) is 0 Å². The van der Waals surface area contributed by atoms with Crippen LogP contribution in [0.1, 0.15) is 57.7 Å². The third kappa shape index (κ3) is 7.37. The summed E-state index contributed by atoms with van der Waals surface area (Å²) in [5.41, 5.74) is 3.11. The number of carbonyl (C=O) groups is 2. The van der Waals surface area contributed by atoms with Crippen molar-refractivity contribution >= 4 is 11.8 Å². The van der Waals surface area contributed by atoms with Crippen LogP contribution in [0.15, 0.2) is 54.6 Å². The monoisotopic (exact) mass is 394 g/mol. The van der Waals surface area contributed by atoms with Crippen molar-refractivity contribution in [1.29, 1.82) is 0 Å². The van der Waals surface area contributed by atoms with Gasteiger partial charge < -0.3 is 10.2 Å². The normalized spacial score (nSPS) is 12.3. The van der Waals surface area contributed by atoms with Crippen molar-refractivity contribution in [2.75, 3.05) is 0 Å². The van der Waals surface area contributed by atoms with Gasteiger partial charge in [-0.3, -0.25) is 9.59 Å². The molecule has 0 unspecified atom stereocenters. The Morgan fingerprint density at radius 3 is 2.07 bits per heavy atom. The van der Waals surface area contributed by atoms with E-state index in [1.54, 1.807) is 11.8 Å². The Morgan fingerprint density at radius 1 is 0.931 bits per heavy atom. The van der Waals surface area contributed by atoms with Crippen molar-refractivity contribution in [3.05, 3.63) is 71.3 Å². The molecule has 0 aromatic heterocycles. The fourth-order valence-electron chi connectivity index (χ4n) is 3.17. The summed E-state index contributed by atoms with van der Waals surface area (Å²) in [6.07, 6.45) is 2.05. The molecule has 0 aliphatic rings. The Bertz CT molecular complexity index is 792. The van der Waals surface area contributed by atoms with E-state index < -0.39 is 6.04 Å². The van der Waals surface area contributed by atoms with Crippen LogP contribution in [0.5, 0.6) is 0 Å². The maximum atomic E-state index is 13.1. The molecule has 2 amide bonds. The van der Waals surface area contributed by atoms with Gasteiger partial charge in [0.05, 0.1) is 0 Å². The number of aryl methyl sites for hydroxylation is 2. The van der Waals surface area contributed by atoms with Crippen LogP contribution in [0, 0.1) is 0 Å². The maximum Gasteiger partial charge on any atom is 0.242 e. The molecule has 2 aromatic rings. The van der Waals surface area contributed by atoms with Crippen LogP contribution in [0.4, 0.5) is 0 Å². The van der Waals surface area contributed by atoms with Crippen LogP contribution < -0.4 is 5.32 Å². The summed E-state index contributed by atoms with van der Waals surface area (Å²) in [5, 5.41) is 2.99. The van der Waals surface area contributed by atoms with Gasteiger partial charge in [0.1, 0.15) is 6.04 Å². The molecule has 4 nitrogen and oxygen atoms in total. The van der Waals surface area contributed by atoms with Gasteiger partial charge in [-0.1, -0.05) is 61.5 Å². The third-order valence-corrected chi connectivity index (χ3v) is 4.92. The SMILES string of the molecule is CCc1ccc(CCC(=O)N(Cc2ccccc2)[C@H](C)C(=O)NC(C)(C)C)cc1. The summed E-state index contributed by atoms with van der Waals surface area (Å²) in [4.78, 5) is 27.5. The van der Waals surface area contributed by atoms with Crippen LogP contribution in [-0.4, -0.2) is 28.3 Å². The second-order valence-corrected chi connectivity index (χ2v) is 8.59. The van der Waals surface area contributed by atoms with Gasteiger partial charge in [-0.2, -0.15) is 0 Å². The highest BCUT2D eigenvalue weighted by Gasteiger charge is 2.28. The molecule has 0 radical (unpaired) electrons. The molecule has 0 saturated carbocycles. The van der Waals surface area contributed by atoms with Crippen LogP contribution in [-0.2, 0) is 29.0 Å². The van der Waals surface area contributed by atoms with Gasteiger partial charge in [0.15, 0.2) is 0 Å². The van der Waals surface area contributed by atoms with Crippen LogP contribution >= 0.6 is 0 Å². The average molecular weight is 395 g/mol. The largest absolute Gasteiger partial charge is 0.350 e. The Labute approximate surface area is 175 Å². The van der Waals surface area contributed by atoms with E-state index in [2.05, 4.69) is 36.5 Å². The first-order valence-electron chi connectivity index (χ1n) is 10.4. The Balaban J connectivity index is 2.11. The second kappa shape index (κ2) is 10.2. The van der Waals surface area contributed by atoms with E-state index in [1.165, 1.54) is 5.56 Å². The molecular weight excluding hydrogens is 360 g/mol. The minimum absolute atomic E-state index is 0.00928. The minimum atomic E-state index is -0.538. The number of nitrogens with zero attached hydrogens (tertiary/aromatic N) is 1. The van der Waals surface area contributed by atoms with Gasteiger partial charge in [-0.25, -0.2) is 0 Å². The fraction of sp³-hybridized carbons (Fsp3) is 0.440. The zero-order valence-electron chi connectivity index (χ0n) is 18.4. The highest BCUT2D eigenvalue weighted by atomic mass is 16.2.